The minimum Gasteiger partial charge on any atom is -0.455 e. The molecule has 0 saturated carbocycles. The van der Waals surface area contributed by atoms with Gasteiger partial charge in [-0.3, -0.25) is 0 Å². The summed E-state index contributed by atoms with van der Waals surface area (Å²) >= 11 is 0. The van der Waals surface area contributed by atoms with Gasteiger partial charge in [-0.2, -0.15) is 0 Å². The molecule has 0 aromatic heterocycles. The Kier molecular flexibility index (Phi) is 5.59. The van der Waals surface area contributed by atoms with Crippen LogP contribution in [0.25, 0.3) is 10.8 Å². The fourth-order valence-corrected chi connectivity index (χ4v) is 3.08. The first-order valence-corrected chi connectivity index (χ1v) is 8.37. The van der Waals surface area contributed by atoms with Gasteiger partial charge in [0, 0.05) is 12.0 Å². The third kappa shape index (κ3) is 4.01. The average Bonchev–Trinajstić information content (AvgIpc) is 2.55. The van der Waals surface area contributed by atoms with E-state index in [4.69, 9.17) is 4.74 Å². The van der Waals surface area contributed by atoms with Gasteiger partial charge in [-0.15, -0.1) is 0 Å². The summed E-state index contributed by atoms with van der Waals surface area (Å²) in [7, 11) is 0. The maximum atomic E-state index is 12.1. The lowest BCUT2D eigenvalue weighted by Gasteiger charge is -2.33. The van der Waals surface area contributed by atoms with Crippen molar-refractivity contribution in [2.45, 2.75) is 52.1 Å². The van der Waals surface area contributed by atoms with Crippen LogP contribution in [-0.4, -0.2) is 11.6 Å². The molecule has 1 unspecified atom stereocenters. The molecule has 2 rings (SSSR count). The Hall–Kier alpha value is -2.09. The van der Waals surface area contributed by atoms with Crippen LogP contribution in [0.15, 0.2) is 54.6 Å². The zero-order valence-corrected chi connectivity index (χ0v) is 14.4. The van der Waals surface area contributed by atoms with E-state index in [1.165, 1.54) is 16.3 Å². The highest BCUT2D eigenvalue weighted by molar-refractivity contribution is 5.88. The molecular formula is C21H26O2. The zero-order chi connectivity index (χ0) is 16.9. The molecule has 0 aliphatic heterocycles. The average molecular weight is 310 g/mol. The molecule has 0 heterocycles. The predicted octanol–water partition coefficient (Wildman–Crippen LogP) is 5.45. The molecule has 0 radical (unpaired) electrons. The second kappa shape index (κ2) is 7.45. The first kappa shape index (κ1) is 17.3. The highest BCUT2D eigenvalue weighted by Crippen LogP contribution is 2.31. The van der Waals surface area contributed by atoms with Gasteiger partial charge in [0.1, 0.15) is 5.60 Å². The first-order valence-electron chi connectivity index (χ1n) is 8.37. The van der Waals surface area contributed by atoms with E-state index in [1.54, 1.807) is 6.92 Å². The third-order valence-corrected chi connectivity index (χ3v) is 4.40. The Bertz CT molecular complexity index is 697. The van der Waals surface area contributed by atoms with Crippen LogP contribution in [0.1, 0.15) is 45.6 Å². The third-order valence-electron chi connectivity index (χ3n) is 4.40. The molecular weight excluding hydrogens is 284 g/mol. The summed E-state index contributed by atoms with van der Waals surface area (Å²) in [4.78, 5) is 12.1. The van der Waals surface area contributed by atoms with Gasteiger partial charge in [0.25, 0.3) is 0 Å². The molecule has 2 heteroatoms. The zero-order valence-electron chi connectivity index (χ0n) is 14.4. The van der Waals surface area contributed by atoms with Crippen molar-refractivity contribution in [3.05, 3.63) is 60.2 Å². The number of ether oxygens (including phenoxy) is 1. The Morgan fingerprint density at radius 2 is 1.83 bits per heavy atom. The molecule has 0 aliphatic carbocycles. The normalized spacial score (nSPS) is 13.5. The first-order chi connectivity index (χ1) is 11.0. The van der Waals surface area contributed by atoms with Crippen molar-refractivity contribution >= 4 is 16.7 Å². The molecule has 0 saturated heterocycles. The van der Waals surface area contributed by atoms with Gasteiger partial charge in [-0.05, 0) is 36.1 Å². The summed E-state index contributed by atoms with van der Waals surface area (Å²) < 4.78 is 5.90. The van der Waals surface area contributed by atoms with E-state index in [-0.39, 0.29) is 5.97 Å². The summed E-state index contributed by atoms with van der Waals surface area (Å²) in [5.74, 6) is -0.291. The van der Waals surface area contributed by atoms with Gasteiger partial charge in [0.2, 0.25) is 0 Å². The lowest BCUT2D eigenvalue weighted by molar-refractivity contribution is -0.156. The molecule has 0 spiro atoms. The standard InChI is InChI=1S/C21H26O2/c1-5-14-21(6-2,23-20(22)16(3)4)15-18-12-9-11-17-10-7-8-13-19(17)18/h7-13H,3,5-6,14-15H2,1-2,4H3. The summed E-state index contributed by atoms with van der Waals surface area (Å²) in [6.45, 7) is 9.63. The van der Waals surface area contributed by atoms with E-state index >= 15 is 0 Å². The van der Waals surface area contributed by atoms with Crippen molar-refractivity contribution in [1.29, 1.82) is 0 Å². The molecule has 0 amide bonds. The van der Waals surface area contributed by atoms with E-state index in [0.29, 0.717) is 5.57 Å². The van der Waals surface area contributed by atoms with Crippen LogP contribution in [0, 0.1) is 0 Å². The molecule has 122 valence electrons. The minimum atomic E-state index is -0.463. The lowest BCUT2D eigenvalue weighted by atomic mass is 9.85. The Labute approximate surface area is 139 Å². The number of hydrogen-bond donors (Lipinski definition) is 0. The maximum absolute atomic E-state index is 12.1. The van der Waals surface area contributed by atoms with Crippen molar-refractivity contribution in [2.24, 2.45) is 0 Å². The van der Waals surface area contributed by atoms with Crippen molar-refractivity contribution in [3.63, 3.8) is 0 Å². The van der Waals surface area contributed by atoms with Crippen LogP contribution in [0.3, 0.4) is 0 Å². The summed E-state index contributed by atoms with van der Waals surface area (Å²) in [6, 6.07) is 14.7. The van der Waals surface area contributed by atoms with E-state index in [0.717, 1.165) is 25.7 Å². The predicted molar refractivity (Wildman–Crippen MR) is 96.5 cm³/mol. The van der Waals surface area contributed by atoms with Gasteiger partial charge in [0.05, 0.1) is 0 Å². The molecule has 0 aliphatic rings. The molecule has 0 fully saturated rings. The van der Waals surface area contributed by atoms with Crippen LogP contribution < -0.4 is 0 Å². The largest absolute Gasteiger partial charge is 0.455 e. The highest BCUT2D eigenvalue weighted by Gasteiger charge is 2.32. The van der Waals surface area contributed by atoms with E-state index in [9.17, 15) is 4.79 Å². The topological polar surface area (TPSA) is 26.3 Å². The van der Waals surface area contributed by atoms with E-state index in [2.05, 4.69) is 56.8 Å². The second-order valence-corrected chi connectivity index (χ2v) is 6.27. The Morgan fingerprint density at radius 1 is 1.13 bits per heavy atom. The van der Waals surface area contributed by atoms with Crippen LogP contribution >= 0.6 is 0 Å². The van der Waals surface area contributed by atoms with E-state index < -0.39 is 5.60 Å². The van der Waals surface area contributed by atoms with Crippen molar-refractivity contribution in [3.8, 4) is 0 Å². The summed E-state index contributed by atoms with van der Waals surface area (Å²) in [5.41, 5.74) is 1.22. The van der Waals surface area contributed by atoms with E-state index in [1.807, 2.05) is 6.07 Å². The van der Waals surface area contributed by atoms with Gasteiger partial charge in [0.15, 0.2) is 0 Å². The van der Waals surface area contributed by atoms with Crippen molar-refractivity contribution in [2.75, 3.05) is 0 Å². The molecule has 2 aromatic rings. The number of carbonyl (C=O) groups excluding carboxylic acids is 1. The van der Waals surface area contributed by atoms with Crippen LogP contribution in [0.2, 0.25) is 0 Å². The number of rotatable bonds is 7. The number of esters is 1. The molecule has 2 nitrogen and oxygen atoms in total. The number of benzene rings is 2. The second-order valence-electron chi connectivity index (χ2n) is 6.27. The molecule has 0 N–H and O–H groups in total. The molecule has 0 bridgehead atoms. The van der Waals surface area contributed by atoms with Gasteiger partial charge >= 0.3 is 5.97 Å². The fraction of sp³-hybridized carbons (Fsp3) is 0.381. The lowest BCUT2D eigenvalue weighted by Crippen LogP contribution is -2.37. The number of carbonyl (C=O) groups is 1. The quantitative estimate of drug-likeness (QED) is 0.502. The minimum absolute atomic E-state index is 0.291. The van der Waals surface area contributed by atoms with Crippen LogP contribution in [0.5, 0.6) is 0 Å². The maximum Gasteiger partial charge on any atom is 0.333 e. The summed E-state index contributed by atoms with van der Waals surface area (Å²) in [5, 5.41) is 2.45. The van der Waals surface area contributed by atoms with Crippen LogP contribution in [-0.2, 0) is 16.0 Å². The van der Waals surface area contributed by atoms with Crippen molar-refractivity contribution in [1.82, 2.24) is 0 Å². The smallest absolute Gasteiger partial charge is 0.333 e. The molecule has 23 heavy (non-hydrogen) atoms. The van der Waals surface area contributed by atoms with Gasteiger partial charge in [-0.1, -0.05) is 69.3 Å². The molecule has 1 atom stereocenters. The molecule has 2 aromatic carbocycles. The summed E-state index contributed by atoms with van der Waals surface area (Å²) in [6.07, 6.45) is 3.36. The van der Waals surface area contributed by atoms with Crippen molar-refractivity contribution < 1.29 is 9.53 Å². The number of fused-ring (bicyclic) bond motifs is 1. The van der Waals surface area contributed by atoms with Gasteiger partial charge in [-0.25, -0.2) is 4.79 Å². The number of hydrogen-bond acceptors (Lipinski definition) is 2. The van der Waals surface area contributed by atoms with Crippen LogP contribution in [0.4, 0.5) is 0 Å². The monoisotopic (exact) mass is 310 g/mol. The van der Waals surface area contributed by atoms with Gasteiger partial charge < -0.3 is 4.74 Å². The highest BCUT2D eigenvalue weighted by atomic mass is 16.6. The SMILES string of the molecule is C=C(C)C(=O)OC(CC)(CCC)Cc1cccc2ccccc12. The fourth-order valence-electron chi connectivity index (χ4n) is 3.08. The Morgan fingerprint density at radius 3 is 2.48 bits per heavy atom. The Balaban J connectivity index is 2.39.